The lowest BCUT2D eigenvalue weighted by Crippen LogP contribution is -2.10. The summed E-state index contributed by atoms with van der Waals surface area (Å²) in [6.45, 7) is 0.0772. The fourth-order valence-electron chi connectivity index (χ4n) is 1.86. The van der Waals surface area contributed by atoms with Gasteiger partial charge in [0.25, 0.3) is 0 Å². The predicted octanol–water partition coefficient (Wildman–Crippen LogP) is 2.27. The summed E-state index contributed by atoms with van der Waals surface area (Å²) in [5.41, 5.74) is 6.81. The molecule has 0 amide bonds. The third-order valence-electron chi connectivity index (χ3n) is 2.85. The van der Waals surface area contributed by atoms with Crippen LogP contribution >= 0.6 is 0 Å². The maximum absolute atomic E-state index is 12.2. The van der Waals surface area contributed by atoms with Crippen molar-refractivity contribution in [1.29, 1.82) is 0 Å². The molecule has 1 aromatic heterocycles. The molecule has 114 valence electrons. The maximum Gasteiger partial charge on any atom is 0.389 e. The molecule has 0 aliphatic heterocycles. The number of aromatic nitrogens is 4. The van der Waals surface area contributed by atoms with Gasteiger partial charge in [0, 0.05) is 18.5 Å². The monoisotopic (exact) mass is 301 g/mol. The molecule has 1 aromatic carbocycles. The Labute approximate surface area is 118 Å². The highest BCUT2D eigenvalue weighted by atomic mass is 19.4. The zero-order chi connectivity index (χ0) is 15.5. The van der Waals surface area contributed by atoms with Crippen LogP contribution in [-0.2, 0) is 6.54 Å². The lowest BCUT2D eigenvalue weighted by molar-refractivity contribution is -0.136. The van der Waals surface area contributed by atoms with Gasteiger partial charge in [0.05, 0.1) is 12.8 Å². The van der Waals surface area contributed by atoms with E-state index in [0.29, 0.717) is 22.8 Å². The van der Waals surface area contributed by atoms with Gasteiger partial charge in [-0.15, -0.1) is 5.10 Å². The Kier molecular flexibility index (Phi) is 4.29. The number of ether oxygens (including phenoxy) is 1. The molecule has 2 aromatic rings. The van der Waals surface area contributed by atoms with Gasteiger partial charge in [-0.05, 0) is 35.0 Å². The highest BCUT2D eigenvalue weighted by Crippen LogP contribution is 2.27. The largest absolute Gasteiger partial charge is 0.495 e. The summed E-state index contributed by atoms with van der Waals surface area (Å²) < 4.78 is 42.8. The van der Waals surface area contributed by atoms with Crippen molar-refractivity contribution in [2.24, 2.45) is 0 Å². The van der Waals surface area contributed by atoms with E-state index in [2.05, 4.69) is 15.5 Å². The fraction of sp³-hybridized carbons (Fsp3) is 0.417. The first-order chi connectivity index (χ1) is 9.90. The van der Waals surface area contributed by atoms with Crippen molar-refractivity contribution in [3.8, 4) is 17.1 Å². The van der Waals surface area contributed by atoms with Crippen LogP contribution in [0.5, 0.6) is 5.75 Å². The molecule has 0 aliphatic rings. The topological polar surface area (TPSA) is 78.9 Å². The minimum absolute atomic E-state index is 0.0772. The van der Waals surface area contributed by atoms with E-state index < -0.39 is 12.6 Å². The van der Waals surface area contributed by atoms with Crippen molar-refractivity contribution < 1.29 is 17.9 Å². The van der Waals surface area contributed by atoms with E-state index >= 15 is 0 Å². The number of nitrogens with two attached hydrogens (primary N) is 1. The summed E-state index contributed by atoms with van der Waals surface area (Å²) in [5, 5.41) is 11.0. The number of alkyl halides is 3. The van der Waals surface area contributed by atoms with Crippen LogP contribution in [0.15, 0.2) is 18.2 Å². The summed E-state index contributed by atoms with van der Waals surface area (Å²) in [6.07, 6.45) is -5.15. The van der Waals surface area contributed by atoms with Crippen molar-refractivity contribution in [3.63, 3.8) is 0 Å². The van der Waals surface area contributed by atoms with Crippen molar-refractivity contribution >= 4 is 5.69 Å². The SMILES string of the molecule is COc1ccc(-c2nnnn2CCCC(F)(F)F)cc1N. The molecule has 2 N–H and O–H groups in total. The molecular formula is C12H14F3N5O. The molecule has 9 heteroatoms. The van der Waals surface area contributed by atoms with Crippen molar-refractivity contribution in [1.82, 2.24) is 20.2 Å². The zero-order valence-corrected chi connectivity index (χ0v) is 11.3. The van der Waals surface area contributed by atoms with Crippen LogP contribution < -0.4 is 10.5 Å². The molecule has 0 bridgehead atoms. The first kappa shape index (κ1) is 15.1. The quantitative estimate of drug-likeness (QED) is 0.857. The molecule has 2 rings (SSSR count). The van der Waals surface area contributed by atoms with E-state index in [4.69, 9.17) is 10.5 Å². The van der Waals surface area contributed by atoms with Gasteiger partial charge in [0.2, 0.25) is 0 Å². The number of benzene rings is 1. The van der Waals surface area contributed by atoms with Gasteiger partial charge < -0.3 is 10.5 Å². The van der Waals surface area contributed by atoms with Crippen molar-refractivity contribution in [3.05, 3.63) is 18.2 Å². The number of nitrogens with zero attached hydrogens (tertiary/aromatic N) is 4. The smallest absolute Gasteiger partial charge is 0.389 e. The highest BCUT2D eigenvalue weighted by Gasteiger charge is 2.26. The van der Waals surface area contributed by atoms with Gasteiger partial charge in [0.1, 0.15) is 5.75 Å². The number of hydrogen-bond acceptors (Lipinski definition) is 5. The van der Waals surface area contributed by atoms with Gasteiger partial charge in [-0.25, -0.2) is 4.68 Å². The number of rotatable bonds is 5. The lowest BCUT2D eigenvalue weighted by Gasteiger charge is -2.09. The number of aryl methyl sites for hydroxylation is 1. The predicted molar refractivity (Wildman–Crippen MR) is 69.5 cm³/mol. The Morgan fingerprint density at radius 3 is 2.71 bits per heavy atom. The molecule has 0 radical (unpaired) electrons. The van der Waals surface area contributed by atoms with Crippen LogP contribution in [-0.4, -0.2) is 33.5 Å². The second-order valence-corrected chi connectivity index (χ2v) is 4.40. The molecule has 1 heterocycles. The Morgan fingerprint density at radius 2 is 2.10 bits per heavy atom. The highest BCUT2D eigenvalue weighted by molar-refractivity contribution is 5.66. The first-order valence-electron chi connectivity index (χ1n) is 6.17. The second kappa shape index (κ2) is 5.98. The lowest BCUT2D eigenvalue weighted by atomic mass is 10.1. The molecule has 0 saturated heterocycles. The molecule has 6 nitrogen and oxygen atoms in total. The number of tetrazole rings is 1. The average Bonchev–Trinajstić information content (AvgIpc) is 2.85. The van der Waals surface area contributed by atoms with Crippen LogP contribution in [0.2, 0.25) is 0 Å². The van der Waals surface area contributed by atoms with Crippen LogP contribution in [0.3, 0.4) is 0 Å². The maximum atomic E-state index is 12.2. The summed E-state index contributed by atoms with van der Waals surface area (Å²) in [4.78, 5) is 0. The normalized spacial score (nSPS) is 11.6. The Morgan fingerprint density at radius 1 is 1.33 bits per heavy atom. The minimum Gasteiger partial charge on any atom is -0.495 e. The molecule has 0 fully saturated rings. The van der Waals surface area contributed by atoms with Crippen LogP contribution in [0.25, 0.3) is 11.4 Å². The molecule has 0 spiro atoms. The van der Waals surface area contributed by atoms with Crippen LogP contribution in [0.4, 0.5) is 18.9 Å². The van der Waals surface area contributed by atoms with Gasteiger partial charge in [-0.1, -0.05) is 0 Å². The van der Waals surface area contributed by atoms with Crippen molar-refractivity contribution in [2.45, 2.75) is 25.6 Å². The van der Waals surface area contributed by atoms with E-state index in [0.717, 1.165) is 0 Å². The summed E-state index contributed by atoms with van der Waals surface area (Å²) in [6, 6.07) is 4.96. The van der Waals surface area contributed by atoms with Crippen LogP contribution in [0.1, 0.15) is 12.8 Å². The van der Waals surface area contributed by atoms with Crippen LogP contribution in [0, 0.1) is 0 Å². The number of hydrogen-bond donors (Lipinski definition) is 1. The summed E-state index contributed by atoms with van der Waals surface area (Å²) >= 11 is 0. The van der Waals surface area contributed by atoms with E-state index in [1.54, 1.807) is 18.2 Å². The molecule has 0 saturated carbocycles. The molecule has 0 unspecified atom stereocenters. The van der Waals surface area contributed by atoms with Crippen molar-refractivity contribution in [2.75, 3.05) is 12.8 Å². The Hall–Kier alpha value is -2.32. The van der Waals surface area contributed by atoms with E-state index in [1.807, 2.05) is 0 Å². The van der Waals surface area contributed by atoms with E-state index in [9.17, 15) is 13.2 Å². The third-order valence-corrected chi connectivity index (χ3v) is 2.85. The van der Waals surface area contributed by atoms with E-state index in [-0.39, 0.29) is 13.0 Å². The molecule has 0 atom stereocenters. The zero-order valence-electron chi connectivity index (χ0n) is 11.3. The van der Waals surface area contributed by atoms with E-state index in [1.165, 1.54) is 11.8 Å². The minimum atomic E-state index is -4.18. The molecule has 0 aliphatic carbocycles. The molecular weight excluding hydrogens is 287 g/mol. The summed E-state index contributed by atoms with van der Waals surface area (Å²) in [5.74, 6) is 0.876. The third kappa shape index (κ3) is 3.83. The van der Waals surface area contributed by atoms with Gasteiger partial charge in [-0.2, -0.15) is 13.2 Å². The Bertz CT molecular complexity index is 611. The van der Waals surface area contributed by atoms with Gasteiger partial charge >= 0.3 is 6.18 Å². The number of nitrogen functional groups attached to an aromatic ring is 1. The second-order valence-electron chi connectivity index (χ2n) is 4.40. The number of methoxy groups -OCH3 is 1. The van der Waals surface area contributed by atoms with Gasteiger partial charge in [0.15, 0.2) is 5.82 Å². The number of halogens is 3. The van der Waals surface area contributed by atoms with Gasteiger partial charge in [-0.3, -0.25) is 0 Å². The number of anilines is 1. The average molecular weight is 301 g/mol. The first-order valence-corrected chi connectivity index (χ1v) is 6.17. The standard InChI is InChI=1S/C12H14F3N5O/c1-21-10-4-3-8(7-9(10)16)11-17-18-19-20(11)6-2-5-12(13,14)15/h3-4,7H,2,5-6,16H2,1H3. The fourth-order valence-corrected chi connectivity index (χ4v) is 1.86. The molecule has 21 heavy (non-hydrogen) atoms. The summed E-state index contributed by atoms with van der Waals surface area (Å²) in [7, 11) is 1.49. The Balaban J connectivity index is 2.14.